The lowest BCUT2D eigenvalue weighted by Crippen LogP contribution is -2.49. The Morgan fingerprint density at radius 2 is 2.00 bits per heavy atom. The molecule has 3 rings (SSSR count). The third-order valence-electron chi connectivity index (χ3n) is 4.28. The first-order chi connectivity index (χ1) is 10.1. The van der Waals surface area contributed by atoms with Gasteiger partial charge in [0.25, 0.3) is 5.91 Å². The van der Waals surface area contributed by atoms with Crippen LogP contribution in [0.5, 0.6) is 0 Å². The number of hydrogen-bond donors (Lipinski definition) is 1. The molecule has 2 saturated heterocycles. The lowest BCUT2D eigenvalue weighted by molar-refractivity contribution is 0.0772. The Bertz CT molecular complexity index is 540. The highest BCUT2D eigenvalue weighted by Gasteiger charge is 2.31. The maximum atomic E-state index is 13.1. The number of nitrogens with one attached hydrogen (secondary N) is 1. The Morgan fingerprint density at radius 1 is 1.27 bits per heavy atom. The molecule has 122 valence electrons. The van der Waals surface area contributed by atoms with Crippen molar-refractivity contribution in [3.63, 3.8) is 0 Å². The van der Waals surface area contributed by atoms with Gasteiger partial charge in [0.15, 0.2) is 0 Å². The molecule has 0 aromatic heterocycles. The van der Waals surface area contributed by atoms with Crippen LogP contribution in [0.1, 0.15) is 16.8 Å². The Balaban J connectivity index is 0.00000176. The number of carbonyl (C=O) groups excluding carboxylic acids is 1. The molecule has 2 heterocycles. The molecule has 1 amide bonds. The fourth-order valence-electron chi connectivity index (χ4n) is 3.10. The maximum absolute atomic E-state index is 13.1. The molecule has 7 heteroatoms. The summed E-state index contributed by atoms with van der Waals surface area (Å²) < 4.78 is 13.7. The summed E-state index contributed by atoms with van der Waals surface area (Å²) in [6.07, 6.45) is 1.02. The molecule has 22 heavy (non-hydrogen) atoms. The molecule has 0 saturated carbocycles. The largest absolute Gasteiger partial charge is 0.337 e. The van der Waals surface area contributed by atoms with Crippen LogP contribution in [0.15, 0.2) is 22.7 Å². The Labute approximate surface area is 144 Å². The molecular formula is C15H20BrClFN3O. The molecule has 1 unspecified atom stereocenters. The van der Waals surface area contributed by atoms with Crippen LogP contribution in [0.25, 0.3) is 0 Å². The van der Waals surface area contributed by atoms with Gasteiger partial charge in [-0.1, -0.05) is 0 Å². The average Bonchev–Trinajstić information content (AvgIpc) is 2.97. The molecule has 1 aromatic carbocycles. The van der Waals surface area contributed by atoms with Crippen LogP contribution in [0, 0.1) is 5.82 Å². The van der Waals surface area contributed by atoms with Crippen molar-refractivity contribution in [1.29, 1.82) is 0 Å². The van der Waals surface area contributed by atoms with Crippen molar-refractivity contribution < 1.29 is 9.18 Å². The minimum atomic E-state index is -0.335. The third-order valence-corrected chi connectivity index (χ3v) is 4.94. The Kier molecular flexibility index (Phi) is 6.20. The van der Waals surface area contributed by atoms with Crippen LogP contribution in [0.2, 0.25) is 0 Å². The van der Waals surface area contributed by atoms with E-state index in [1.165, 1.54) is 12.1 Å². The topological polar surface area (TPSA) is 35.6 Å². The predicted octanol–water partition coefficient (Wildman–Crippen LogP) is 2.13. The van der Waals surface area contributed by atoms with Gasteiger partial charge in [-0.25, -0.2) is 4.39 Å². The van der Waals surface area contributed by atoms with E-state index in [9.17, 15) is 9.18 Å². The van der Waals surface area contributed by atoms with Gasteiger partial charge in [-0.15, -0.1) is 12.4 Å². The second kappa shape index (κ2) is 7.73. The summed E-state index contributed by atoms with van der Waals surface area (Å²) in [5.74, 6) is -0.349. The normalized spacial score (nSPS) is 22.5. The molecule has 4 nitrogen and oxygen atoms in total. The van der Waals surface area contributed by atoms with Gasteiger partial charge >= 0.3 is 0 Å². The van der Waals surface area contributed by atoms with Gasteiger partial charge < -0.3 is 10.2 Å². The zero-order valence-electron chi connectivity index (χ0n) is 12.2. The van der Waals surface area contributed by atoms with Crippen LogP contribution in [0.4, 0.5) is 4.39 Å². The van der Waals surface area contributed by atoms with Gasteiger partial charge in [0, 0.05) is 49.8 Å². The molecule has 0 spiro atoms. The number of piperazine rings is 1. The first-order valence-electron chi connectivity index (χ1n) is 7.34. The molecular weight excluding hydrogens is 373 g/mol. The number of carbonyl (C=O) groups is 1. The van der Waals surface area contributed by atoms with Gasteiger partial charge in [-0.05, 0) is 40.5 Å². The summed E-state index contributed by atoms with van der Waals surface area (Å²) in [6.45, 7) is 5.68. The monoisotopic (exact) mass is 391 g/mol. The van der Waals surface area contributed by atoms with E-state index in [0.29, 0.717) is 16.1 Å². The zero-order chi connectivity index (χ0) is 14.8. The predicted molar refractivity (Wildman–Crippen MR) is 90.1 cm³/mol. The minimum Gasteiger partial charge on any atom is -0.337 e. The average molecular weight is 393 g/mol. The van der Waals surface area contributed by atoms with Crippen LogP contribution in [0.3, 0.4) is 0 Å². The molecule has 0 aliphatic carbocycles. The van der Waals surface area contributed by atoms with Gasteiger partial charge in [0.1, 0.15) is 5.82 Å². The van der Waals surface area contributed by atoms with Crippen molar-refractivity contribution in [2.75, 3.05) is 39.3 Å². The van der Waals surface area contributed by atoms with Crippen LogP contribution >= 0.6 is 28.3 Å². The van der Waals surface area contributed by atoms with E-state index in [4.69, 9.17) is 0 Å². The van der Waals surface area contributed by atoms with Gasteiger partial charge in [-0.2, -0.15) is 0 Å². The summed E-state index contributed by atoms with van der Waals surface area (Å²) in [5.41, 5.74) is 0.539. The number of benzene rings is 1. The smallest absolute Gasteiger partial charge is 0.255 e. The van der Waals surface area contributed by atoms with E-state index < -0.39 is 0 Å². The molecule has 1 atom stereocenters. The molecule has 0 bridgehead atoms. The first kappa shape index (κ1) is 17.7. The van der Waals surface area contributed by atoms with E-state index >= 15 is 0 Å². The molecule has 2 aliphatic rings. The fraction of sp³-hybridized carbons (Fsp3) is 0.533. The quantitative estimate of drug-likeness (QED) is 0.837. The lowest BCUT2D eigenvalue weighted by Gasteiger charge is -2.32. The molecule has 1 aromatic rings. The Hall–Kier alpha value is -0.690. The van der Waals surface area contributed by atoms with E-state index in [0.717, 1.165) is 45.7 Å². The number of halogens is 3. The SMILES string of the molecule is Cl.O=C(c1ccc(F)cc1Br)N1CCC(N2CCNCC2)C1. The number of likely N-dealkylation sites (tertiary alicyclic amines) is 1. The van der Waals surface area contributed by atoms with Crippen molar-refractivity contribution in [1.82, 2.24) is 15.1 Å². The second-order valence-electron chi connectivity index (χ2n) is 5.60. The summed E-state index contributed by atoms with van der Waals surface area (Å²) in [6, 6.07) is 4.69. The van der Waals surface area contributed by atoms with Crippen molar-refractivity contribution in [2.24, 2.45) is 0 Å². The van der Waals surface area contributed by atoms with E-state index in [1.54, 1.807) is 6.07 Å². The lowest BCUT2D eigenvalue weighted by atomic mass is 10.2. The van der Waals surface area contributed by atoms with Gasteiger partial charge in [-0.3, -0.25) is 9.69 Å². The van der Waals surface area contributed by atoms with Crippen molar-refractivity contribution in [3.8, 4) is 0 Å². The summed E-state index contributed by atoms with van der Waals surface area (Å²) >= 11 is 3.28. The highest BCUT2D eigenvalue weighted by atomic mass is 79.9. The van der Waals surface area contributed by atoms with Crippen molar-refractivity contribution >= 4 is 34.2 Å². The van der Waals surface area contributed by atoms with Crippen molar-refractivity contribution in [2.45, 2.75) is 12.5 Å². The molecule has 2 fully saturated rings. The summed E-state index contributed by atoms with van der Waals surface area (Å²) in [7, 11) is 0. The van der Waals surface area contributed by atoms with E-state index in [2.05, 4.69) is 26.1 Å². The standard InChI is InChI=1S/C15H19BrFN3O.ClH/c16-14-9-11(17)1-2-13(14)15(21)20-6-3-12(10-20)19-7-4-18-5-8-19;/h1-2,9,12,18H,3-8,10H2;1H. The number of amides is 1. The van der Waals surface area contributed by atoms with E-state index in [1.807, 2.05) is 4.90 Å². The van der Waals surface area contributed by atoms with E-state index in [-0.39, 0.29) is 24.1 Å². The van der Waals surface area contributed by atoms with Crippen LogP contribution in [-0.4, -0.2) is 61.0 Å². The van der Waals surface area contributed by atoms with Gasteiger partial charge in [0.05, 0.1) is 5.56 Å². The minimum absolute atomic E-state index is 0. The molecule has 1 N–H and O–H groups in total. The summed E-state index contributed by atoms with van der Waals surface area (Å²) in [5, 5.41) is 3.35. The Morgan fingerprint density at radius 3 is 2.68 bits per heavy atom. The second-order valence-corrected chi connectivity index (χ2v) is 6.46. The zero-order valence-corrected chi connectivity index (χ0v) is 14.6. The van der Waals surface area contributed by atoms with Crippen LogP contribution in [-0.2, 0) is 0 Å². The first-order valence-corrected chi connectivity index (χ1v) is 8.13. The molecule has 2 aliphatic heterocycles. The maximum Gasteiger partial charge on any atom is 0.255 e. The van der Waals surface area contributed by atoms with Gasteiger partial charge in [0.2, 0.25) is 0 Å². The third kappa shape index (κ3) is 3.79. The number of rotatable bonds is 2. The number of hydrogen-bond acceptors (Lipinski definition) is 3. The van der Waals surface area contributed by atoms with Crippen LogP contribution < -0.4 is 5.32 Å². The highest BCUT2D eigenvalue weighted by molar-refractivity contribution is 9.10. The molecule has 0 radical (unpaired) electrons. The number of nitrogens with zero attached hydrogens (tertiary/aromatic N) is 2. The highest BCUT2D eigenvalue weighted by Crippen LogP contribution is 2.23. The fourth-order valence-corrected chi connectivity index (χ4v) is 3.63. The van der Waals surface area contributed by atoms with Crippen molar-refractivity contribution in [3.05, 3.63) is 34.1 Å². The summed E-state index contributed by atoms with van der Waals surface area (Å²) in [4.78, 5) is 16.9.